The second kappa shape index (κ2) is 8.84. The molecular formula is C23H30N4O2. The SMILES string of the molecule is CCc1ccc(C2CC(C(=O)N3CCN(c4cccc(OC)c4)CC3)NN2)cc1. The van der Waals surface area contributed by atoms with Gasteiger partial charge in [-0.1, -0.05) is 37.3 Å². The molecule has 154 valence electrons. The summed E-state index contributed by atoms with van der Waals surface area (Å²) in [5.41, 5.74) is 10.2. The molecule has 0 radical (unpaired) electrons. The number of aryl methyl sites for hydroxylation is 1. The van der Waals surface area contributed by atoms with Gasteiger partial charge >= 0.3 is 0 Å². The van der Waals surface area contributed by atoms with Crippen molar-refractivity contribution in [3.05, 3.63) is 59.7 Å². The molecule has 2 aromatic rings. The van der Waals surface area contributed by atoms with Crippen molar-refractivity contribution in [2.75, 3.05) is 38.2 Å². The van der Waals surface area contributed by atoms with Gasteiger partial charge in [-0.2, -0.15) is 0 Å². The van der Waals surface area contributed by atoms with E-state index in [1.54, 1.807) is 7.11 Å². The molecule has 0 saturated carbocycles. The van der Waals surface area contributed by atoms with Crippen molar-refractivity contribution in [2.45, 2.75) is 31.8 Å². The first kappa shape index (κ1) is 19.7. The molecular weight excluding hydrogens is 364 g/mol. The Bertz CT molecular complexity index is 831. The van der Waals surface area contributed by atoms with E-state index in [0.717, 1.165) is 50.5 Å². The summed E-state index contributed by atoms with van der Waals surface area (Å²) in [6.45, 7) is 5.31. The molecule has 1 amide bonds. The summed E-state index contributed by atoms with van der Waals surface area (Å²) >= 11 is 0. The van der Waals surface area contributed by atoms with Gasteiger partial charge in [0.15, 0.2) is 0 Å². The van der Waals surface area contributed by atoms with E-state index in [-0.39, 0.29) is 18.0 Å². The minimum Gasteiger partial charge on any atom is -0.497 e. The number of hydrogen-bond acceptors (Lipinski definition) is 5. The number of hydrazine groups is 1. The fourth-order valence-electron chi connectivity index (χ4n) is 4.13. The van der Waals surface area contributed by atoms with Gasteiger partial charge in [0.1, 0.15) is 11.8 Å². The van der Waals surface area contributed by atoms with E-state index in [2.05, 4.69) is 53.0 Å². The van der Waals surface area contributed by atoms with Crippen molar-refractivity contribution in [2.24, 2.45) is 0 Å². The van der Waals surface area contributed by atoms with Crippen LogP contribution >= 0.6 is 0 Å². The van der Waals surface area contributed by atoms with E-state index in [9.17, 15) is 4.79 Å². The first-order valence-corrected chi connectivity index (χ1v) is 10.5. The van der Waals surface area contributed by atoms with Gasteiger partial charge in [0.25, 0.3) is 0 Å². The van der Waals surface area contributed by atoms with Crippen LogP contribution in [0, 0.1) is 0 Å². The number of carbonyl (C=O) groups excluding carboxylic acids is 1. The number of carbonyl (C=O) groups is 1. The Hall–Kier alpha value is -2.57. The van der Waals surface area contributed by atoms with Crippen molar-refractivity contribution < 1.29 is 9.53 Å². The molecule has 6 nitrogen and oxygen atoms in total. The van der Waals surface area contributed by atoms with Gasteiger partial charge in [-0.05, 0) is 36.1 Å². The lowest BCUT2D eigenvalue weighted by Crippen LogP contribution is -2.53. The molecule has 2 unspecified atom stereocenters. The molecule has 2 aliphatic rings. The second-order valence-corrected chi connectivity index (χ2v) is 7.74. The molecule has 0 aromatic heterocycles. The summed E-state index contributed by atoms with van der Waals surface area (Å²) in [4.78, 5) is 17.3. The highest BCUT2D eigenvalue weighted by Crippen LogP contribution is 2.25. The van der Waals surface area contributed by atoms with Crippen LogP contribution in [0.2, 0.25) is 0 Å². The van der Waals surface area contributed by atoms with Crippen molar-refractivity contribution in [3.63, 3.8) is 0 Å². The van der Waals surface area contributed by atoms with Crippen LogP contribution in [0.1, 0.15) is 30.5 Å². The normalized spacial score (nSPS) is 22.0. The Balaban J connectivity index is 1.31. The lowest BCUT2D eigenvalue weighted by atomic mass is 9.99. The molecule has 2 aromatic carbocycles. The van der Waals surface area contributed by atoms with E-state index in [1.807, 2.05) is 23.1 Å². The van der Waals surface area contributed by atoms with Crippen LogP contribution in [0.5, 0.6) is 5.75 Å². The number of methoxy groups -OCH3 is 1. The predicted molar refractivity (Wildman–Crippen MR) is 115 cm³/mol. The number of nitrogens with zero attached hydrogens (tertiary/aromatic N) is 2. The number of anilines is 1. The summed E-state index contributed by atoms with van der Waals surface area (Å²) in [5.74, 6) is 1.05. The third-order valence-electron chi connectivity index (χ3n) is 6.00. The molecule has 2 N–H and O–H groups in total. The van der Waals surface area contributed by atoms with E-state index in [0.29, 0.717) is 0 Å². The maximum atomic E-state index is 13.0. The van der Waals surface area contributed by atoms with Gasteiger partial charge in [-0.15, -0.1) is 0 Å². The van der Waals surface area contributed by atoms with Crippen LogP contribution in [0.25, 0.3) is 0 Å². The van der Waals surface area contributed by atoms with Crippen LogP contribution in [-0.2, 0) is 11.2 Å². The fourth-order valence-corrected chi connectivity index (χ4v) is 4.13. The van der Waals surface area contributed by atoms with Crippen molar-refractivity contribution in [3.8, 4) is 5.75 Å². The zero-order valence-electron chi connectivity index (χ0n) is 17.2. The third kappa shape index (κ3) is 4.38. The molecule has 29 heavy (non-hydrogen) atoms. The maximum Gasteiger partial charge on any atom is 0.241 e. The monoisotopic (exact) mass is 394 g/mol. The predicted octanol–water partition coefficient (Wildman–Crippen LogP) is 2.51. The molecule has 2 aliphatic heterocycles. The van der Waals surface area contributed by atoms with Gasteiger partial charge in [0, 0.05) is 44.0 Å². The van der Waals surface area contributed by atoms with Gasteiger partial charge in [0.2, 0.25) is 5.91 Å². The first-order chi connectivity index (χ1) is 14.2. The van der Waals surface area contributed by atoms with E-state index < -0.39 is 0 Å². The largest absolute Gasteiger partial charge is 0.497 e. The number of benzene rings is 2. The zero-order chi connectivity index (χ0) is 20.2. The van der Waals surface area contributed by atoms with Crippen molar-refractivity contribution in [1.82, 2.24) is 15.8 Å². The second-order valence-electron chi connectivity index (χ2n) is 7.74. The van der Waals surface area contributed by atoms with Gasteiger partial charge in [-0.25, -0.2) is 10.9 Å². The molecule has 4 rings (SSSR count). The fraction of sp³-hybridized carbons (Fsp3) is 0.435. The molecule has 2 fully saturated rings. The quantitative estimate of drug-likeness (QED) is 0.816. The number of amides is 1. The van der Waals surface area contributed by atoms with Crippen LogP contribution in [0.4, 0.5) is 5.69 Å². The molecule has 0 bridgehead atoms. The van der Waals surface area contributed by atoms with Gasteiger partial charge in [-0.3, -0.25) is 4.79 Å². The number of ether oxygens (including phenoxy) is 1. The van der Waals surface area contributed by atoms with Crippen molar-refractivity contribution in [1.29, 1.82) is 0 Å². The van der Waals surface area contributed by atoms with Crippen molar-refractivity contribution >= 4 is 11.6 Å². The maximum absolute atomic E-state index is 13.0. The molecule has 2 saturated heterocycles. The molecule has 2 atom stereocenters. The Morgan fingerprint density at radius 1 is 1.07 bits per heavy atom. The Kier molecular flexibility index (Phi) is 6.02. The number of hydrogen-bond donors (Lipinski definition) is 2. The number of rotatable bonds is 5. The zero-order valence-corrected chi connectivity index (χ0v) is 17.2. The Morgan fingerprint density at radius 3 is 2.52 bits per heavy atom. The van der Waals surface area contributed by atoms with E-state index >= 15 is 0 Å². The van der Waals surface area contributed by atoms with Crippen LogP contribution < -0.4 is 20.5 Å². The van der Waals surface area contributed by atoms with Crippen LogP contribution in [0.3, 0.4) is 0 Å². The number of nitrogens with one attached hydrogen (secondary N) is 2. The standard InChI is InChI=1S/C23H30N4O2/c1-3-17-7-9-18(10-8-17)21-16-22(25-24-21)23(28)27-13-11-26(12-14-27)19-5-4-6-20(15-19)29-2/h4-10,15,21-22,24-25H,3,11-14,16H2,1-2H3. The topological polar surface area (TPSA) is 56.8 Å². The highest BCUT2D eigenvalue weighted by molar-refractivity contribution is 5.82. The molecule has 0 spiro atoms. The lowest BCUT2D eigenvalue weighted by molar-refractivity contribution is -0.133. The van der Waals surface area contributed by atoms with Gasteiger partial charge in [0.05, 0.1) is 7.11 Å². The van der Waals surface area contributed by atoms with Gasteiger partial charge < -0.3 is 14.5 Å². The molecule has 0 aliphatic carbocycles. The Labute approximate surface area is 172 Å². The first-order valence-electron chi connectivity index (χ1n) is 10.5. The summed E-state index contributed by atoms with van der Waals surface area (Å²) in [5, 5.41) is 0. The summed E-state index contributed by atoms with van der Waals surface area (Å²) in [6.07, 6.45) is 1.82. The summed E-state index contributed by atoms with van der Waals surface area (Å²) in [7, 11) is 1.68. The Morgan fingerprint density at radius 2 is 1.83 bits per heavy atom. The lowest BCUT2D eigenvalue weighted by Gasteiger charge is -2.37. The highest BCUT2D eigenvalue weighted by atomic mass is 16.5. The average Bonchev–Trinajstić information content (AvgIpc) is 3.29. The summed E-state index contributed by atoms with van der Waals surface area (Å²) < 4.78 is 5.33. The minimum atomic E-state index is -0.172. The van der Waals surface area contributed by atoms with E-state index in [4.69, 9.17) is 4.74 Å². The summed E-state index contributed by atoms with van der Waals surface area (Å²) in [6, 6.07) is 16.8. The number of piperazine rings is 1. The van der Waals surface area contributed by atoms with Crippen LogP contribution in [-0.4, -0.2) is 50.1 Å². The average molecular weight is 395 g/mol. The minimum absolute atomic E-state index is 0.172. The van der Waals surface area contributed by atoms with Crippen LogP contribution in [0.15, 0.2) is 48.5 Å². The van der Waals surface area contributed by atoms with E-state index in [1.165, 1.54) is 11.1 Å². The third-order valence-corrected chi connectivity index (χ3v) is 6.00. The molecule has 6 heteroatoms. The highest BCUT2D eigenvalue weighted by Gasteiger charge is 2.34. The molecule has 2 heterocycles. The smallest absolute Gasteiger partial charge is 0.241 e.